The molecule has 6 nitrogen and oxygen atoms in total. The van der Waals surface area contributed by atoms with E-state index in [2.05, 4.69) is 4.98 Å². The number of benzene rings is 1. The van der Waals surface area contributed by atoms with Gasteiger partial charge in [-0.15, -0.1) is 11.3 Å². The Hall–Kier alpha value is -2.20. The Kier molecular flexibility index (Phi) is 5.90. The number of nitrogens with two attached hydrogens (primary N) is 1. The molecule has 1 saturated heterocycles. The minimum atomic E-state index is -4.78. The zero-order chi connectivity index (χ0) is 20.5. The molecule has 1 aliphatic rings. The first-order valence-electron chi connectivity index (χ1n) is 8.69. The fraction of sp³-hybridized carbons (Fsp3) is 0.444. The number of likely N-dealkylation sites (tertiary alicyclic amines) is 1. The highest BCUT2D eigenvalue weighted by Crippen LogP contribution is 2.34. The van der Waals surface area contributed by atoms with Crippen molar-refractivity contribution in [3.63, 3.8) is 0 Å². The van der Waals surface area contributed by atoms with Crippen LogP contribution < -0.4 is 5.73 Å². The van der Waals surface area contributed by atoms with E-state index < -0.39 is 36.1 Å². The van der Waals surface area contributed by atoms with Crippen LogP contribution in [0.15, 0.2) is 24.3 Å². The number of nitrogens with zero attached hydrogens (tertiary/aromatic N) is 2. The van der Waals surface area contributed by atoms with E-state index >= 15 is 0 Å². The van der Waals surface area contributed by atoms with Crippen molar-refractivity contribution in [1.82, 2.24) is 9.88 Å². The number of para-hydroxylation sites is 1. The summed E-state index contributed by atoms with van der Waals surface area (Å²) < 4.78 is 39.2. The van der Waals surface area contributed by atoms with Crippen molar-refractivity contribution in [2.45, 2.75) is 37.6 Å². The number of alkyl halides is 3. The minimum absolute atomic E-state index is 0.0643. The molecule has 3 rings (SSSR count). The van der Waals surface area contributed by atoms with E-state index in [1.54, 1.807) is 0 Å². The molecular formula is C18H19F3N3O3S. The highest BCUT2D eigenvalue weighted by Gasteiger charge is 2.47. The highest BCUT2D eigenvalue weighted by molar-refractivity contribution is 7.18. The summed E-state index contributed by atoms with van der Waals surface area (Å²) in [5.74, 6) is -2.55. The molecule has 0 aliphatic carbocycles. The minimum Gasteiger partial charge on any atom is -0.383 e. The van der Waals surface area contributed by atoms with Gasteiger partial charge in [-0.3, -0.25) is 9.59 Å². The van der Waals surface area contributed by atoms with Crippen LogP contribution in [0.4, 0.5) is 13.2 Å². The van der Waals surface area contributed by atoms with E-state index in [4.69, 9.17) is 5.73 Å². The molecule has 0 saturated carbocycles. The van der Waals surface area contributed by atoms with Crippen molar-refractivity contribution in [2.75, 3.05) is 6.54 Å². The molecule has 1 radical (unpaired) electrons. The van der Waals surface area contributed by atoms with E-state index in [1.807, 2.05) is 24.3 Å². The van der Waals surface area contributed by atoms with Crippen molar-refractivity contribution >= 4 is 33.4 Å². The molecule has 1 aromatic heterocycles. The van der Waals surface area contributed by atoms with Gasteiger partial charge < -0.3 is 15.7 Å². The van der Waals surface area contributed by atoms with Crippen LogP contribution in [0.5, 0.6) is 0 Å². The topological polar surface area (TPSA) is 96.5 Å². The second-order valence-electron chi connectivity index (χ2n) is 6.70. The number of hydrogen-bond acceptors (Lipinski definition) is 5. The number of aliphatic hydroxyl groups excluding tert-OH is 1. The number of thiazole rings is 1. The Balaban J connectivity index is 1.64. The molecule has 1 fully saturated rings. The summed E-state index contributed by atoms with van der Waals surface area (Å²) in [4.78, 5) is 29.8. The lowest BCUT2D eigenvalue weighted by molar-refractivity contribution is -0.224. The standard InChI is InChI=1S/C18H19F3N3O3S/c19-18(20,21)16(26)10-7-8-24(12(9-10)17(22)27)15(25)6-5-14-23-11-3-1-2-4-13(11)28-14/h1-4,6,10,12,16,26H,5,7-9H2,(H2,22,27)/t10?,12?,16-/m0/s1. The fourth-order valence-corrected chi connectivity index (χ4v) is 4.31. The summed E-state index contributed by atoms with van der Waals surface area (Å²) in [7, 11) is 0. The van der Waals surface area contributed by atoms with Crippen molar-refractivity contribution < 1.29 is 27.9 Å². The first kappa shape index (κ1) is 20.5. The quantitative estimate of drug-likeness (QED) is 0.783. The van der Waals surface area contributed by atoms with Crippen LogP contribution in [0.1, 0.15) is 17.8 Å². The molecule has 1 aliphatic heterocycles. The zero-order valence-electron chi connectivity index (χ0n) is 14.7. The first-order chi connectivity index (χ1) is 13.2. The number of carbonyl (C=O) groups is 2. The van der Waals surface area contributed by atoms with Crippen molar-refractivity contribution in [3.8, 4) is 0 Å². The lowest BCUT2D eigenvalue weighted by atomic mass is 9.85. The van der Waals surface area contributed by atoms with Gasteiger partial charge in [-0.2, -0.15) is 13.2 Å². The third-order valence-corrected chi connectivity index (χ3v) is 5.88. The lowest BCUT2D eigenvalue weighted by Gasteiger charge is -2.39. The van der Waals surface area contributed by atoms with Gasteiger partial charge in [0, 0.05) is 13.0 Å². The van der Waals surface area contributed by atoms with Crippen molar-refractivity contribution in [1.29, 1.82) is 0 Å². The Labute approximate surface area is 163 Å². The van der Waals surface area contributed by atoms with E-state index in [0.29, 0.717) is 5.01 Å². The second-order valence-corrected chi connectivity index (χ2v) is 7.82. The Morgan fingerprint density at radius 1 is 1.39 bits per heavy atom. The Bertz CT molecular complexity index is 837. The molecule has 2 amide bonds. The number of rotatable bonds is 5. The molecule has 151 valence electrons. The van der Waals surface area contributed by atoms with Gasteiger partial charge in [0.1, 0.15) is 6.04 Å². The lowest BCUT2D eigenvalue weighted by Crippen LogP contribution is -2.55. The largest absolute Gasteiger partial charge is 0.414 e. The number of piperidine rings is 1. The van der Waals surface area contributed by atoms with Gasteiger partial charge in [-0.1, -0.05) is 12.1 Å². The average Bonchev–Trinajstić information content (AvgIpc) is 3.07. The van der Waals surface area contributed by atoms with Crippen LogP contribution in [0.3, 0.4) is 0 Å². The SMILES string of the molecule is NC(=O)C1CC([C@H](O)C(F)(F)F)CCN1C(=O)[CH]Cc1nc2ccccc2s1. The molecule has 3 atom stereocenters. The number of halogens is 3. The smallest absolute Gasteiger partial charge is 0.383 e. The molecule has 3 N–H and O–H groups in total. The first-order valence-corrected chi connectivity index (χ1v) is 9.51. The van der Waals surface area contributed by atoms with Gasteiger partial charge in [0.05, 0.1) is 21.6 Å². The van der Waals surface area contributed by atoms with Gasteiger partial charge in [-0.25, -0.2) is 4.98 Å². The van der Waals surface area contributed by atoms with Crippen LogP contribution in [0.25, 0.3) is 10.2 Å². The summed E-state index contributed by atoms with van der Waals surface area (Å²) in [5.41, 5.74) is 6.12. The molecule has 0 spiro atoms. The Morgan fingerprint density at radius 2 is 2.11 bits per heavy atom. The number of amides is 2. The number of hydrogen-bond donors (Lipinski definition) is 2. The number of carbonyl (C=O) groups excluding carboxylic acids is 2. The highest BCUT2D eigenvalue weighted by atomic mass is 32.1. The van der Waals surface area contributed by atoms with E-state index in [-0.39, 0.29) is 25.8 Å². The molecule has 10 heteroatoms. The van der Waals surface area contributed by atoms with Gasteiger partial charge in [0.15, 0.2) is 6.10 Å². The number of aliphatic hydroxyl groups is 1. The van der Waals surface area contributed by atoms with Gasteiger partial charge >= 0.3 is 6.18 Å². The van der Waals surface area contributed by atoms with Gasteiger partial charge in [0.2, 0.25) is 11.8 Å². The monoisotopic (exact) mass is 414 g/mol. The molecule has 1 aromatic carbocycles. The summed E-state index contributed by atoms with van der Waals surface area (Å²) in [6.45, 7) is -0.0827. The third kappa shape index (κ3) is 4.44. The predicted octanol–water partition coefficient (Wildman–Crippen LogP) is 2.06. The maximum Gasteiger partial charge on any atom is 0.414 e. The molecule has 2 heterocycles. The number of fused-ring (bicyclic) bond motifs is 1. The zero-order valence-corrected chi connectivity index (χ0v) is 15.5. The number of primary amides is 1. The van der Waals surface area contributed by atoms with Crippen molar-refractivity contribution in [2.24, 2.45) is 11.7 Å². The predicted molar refractivity (Wildman–Crippen MR) is 97.1 cm³/mol. The fourth-order valence-electron chi connectivity index (χ4n) is 3.38. The van der Waals surface area contributed by atoms with Gasteiger partial charge in [0.25, 0.3) is 0 Å². The van der Waals surface area contributed by atoms with Crippen LogP contribution in [0.2, 0.25) is 0 Å². The molecular weight excluding hydrogens is 395 g/mol. The summed E-state index contributed by atoms with van der Waals surface area (Å²) in [5, 5.41) is 10.2. The average molecular weight is 414 g/mol. The van der Waals surface area contributed by atoms with E-state index in [9.17, 15) is 27.9 Å². The van der Waals surface area contributed by atoms with Crippen molar-refractivity contribution in [3.05, 3.63) is 35.7 Å². The normalized spacial score (nSPS) is 21.6. The van der Waals surface area contributed by atoms with Crippen LogP contribution >= 0.6 is 11.3 Å². The summed E-state index contributed by atoms with van der Waals surface area (Å²) in [6.07, 6.45) is -6.11. The maximum absolute atomic E-state index is 12.8. The Morgan fingerprint density at radius 3 is 2.75 bits per heavy atom. The summed E-state index contributed by atoms with van der Waals surface area (Å²) >= 11 is 1.44. The van der Waals surface area contributed by atoms with Crippen LogP contribution in [-0.4, -0.2) is 51.7 Å². The van der Waals surface area contributed by atoms with Crippen LogP contribution in [0, 0.1) is 12.3 Å². The van der Waals surface area contributed by atoms with E-state index in [1.165, 1.54) is 22.7 Å². The molecule has 0 bridgehead atoms. The molecule has 28 heavy (non-hydrogen) atoms. The molecule has 2 unspecified atom stereocenters. The second kappa shape index (κ2) is 8.04. The maximum atomic E-state index is 12.8. The van der Waals surface area contributed by atoms with E-state index in [0.717, 1.165) is 10.2 Å². The number of aromatic nitrogens is 1. The molecule has 2 aromatic rings. The van der Waals surface area contributed by atoms with Gasteiger partial charge in [-0.05, 0) is 30.9 Å². The third-order valence-electron chi connectivity index (χ3n) is 4.83. The van der Waals surface area contributed by atoms with Crippen LogP contribution in [-0.2, 0) is 16.0 Å². The summed E-state index contributed by atoms with van der Waals surface area (Å²) in [6, 6.07) is 6.33.